The summed E-state index contributed by atoms with van der Waals surface area (Å²) < 4.78 is 13.8. The number of anilines is 1. The molecule has 1 N–H and O–H groups in total. The number of thiophene rings is 1. The maximum atomic E-state index is 6.56. The molecule has 8 heteroatoms. The Kier molecular flexibility index (Phi) is 4.26. The number of nitrogens with one attached hydrogen (secondary N) is 1. The fourth-order valence-electron chi connectivity index (χ4n) is 4.23. The predicted octanol–water partition coefficient (Wildman–Crippen LogP) is 5.56. The van der Waals surface area contributed by atoms with Crippen molar-refractivity contribution in [2.24, 2.45) is 0 Å². The Morgan fingerprint density at radius 1 is 1.16 bits per heavy atom. The number of hydrogen-bond acceptors (Lipinski definition) is 6. The maximum Gasteiger partial charge on any atom is 0.226 e. The molecule has 0 spiro atoms. The molecule has 0 saturated carbocycles. The van der Waals surface area contributed by atoms with Crippen molar-refractivity contribution < 1.29 is 9.47 Å². The van der Waals surface area contributed by atoms with Crippen molar-refractivity contribution in [3.63, 3.8) is 0 Å². The number of methoxy groups -OCH3 is 1. The van der Waals surface area contributed by atoms with Gasteiger partial charge in [0.05, 0.1) is 12.8 Å². The Hall–Kier alpha value is -3.29. The molecule has 2 aliphatic heterocycles. The zero-order chi connectivity index (χ0) is 20.9. The molecule has 2 aromatic carbocycles. The third-order valence-electron chi connectivity index (χ3n) is 5.61. The number of ether oxygens (including phenoxy) is 2. The summed E-state index contributed by atoms with van der Waals surface area (Å²) in [6.07, 6.45) is 1.30. The highest BCUT2D eigenvalue weighted by atomic mass is 35.5. The van der Waals surface area contributed by atoms with Crippen LogP contribution in [0.5, 0.6) is 11.5 Å². The van der Waals surface area contributed by atoms with Crippen LogP contribution in [-0.4, -0.2) is 21.9 Å². The van der Waals surface area contributed by atoms with Crippen molar-refractivity contribution in [2.45, 2.75) is 12.1 Å². The molecule has 2 aliphatic rings. The van der Waals surface area contributed by atoms with Crippen LogP contribution in [0.2, 0.25) is 5.02 Å². The Morgan fingerprint density at radius 2 is 2.03 bits per heavy atom. The van der Waals surface area contributed by atoms with Gasteiger partial charge >= 0.3 is 0 Å². The van der Waals surface area contributed by atoms with Crippen LogP contribution in [0.3, 0.4) is 0 Å². The lowest BCUT2D eigenvalue weighted by molar-refractivity contribution is 0.226. The first-order chi connectivity index (χ1) is 15.2. The van der Waals surface area contributed by atoms with E-state index in [-0.39, 0.29) is 12.1 Å². The van der Waals surface area contributed by atoms with Crippen molar-refractivity contribution in [1.29, 1.82) is 0 Å². The summed E-state index contributed by atoms with van der Waals surface area (Å²) in [5.74, 6) is 2.27. The third-order valence-corrected chi connectivity index (χ3v) is 6.76. The lowest BCUT2D eigenvalue weighted by Gasteiger charge is -2.38. The van der Waals surface area contributed by atoms with Crippen molar-refractivity contribution >= 4 is 34.6 Å². The molecule has 4 aromatic rings. The van der Waals surface area contributed by atoms with E-state index in [2.05, 4.69) is 39.0 Å². The van der Waals surface area contributed by atoms with Gasteiger partial charge in [-0.25, -0.2) is 4.68 Å². The molecule has 4 heterocycles. The van der Waals surface area contributed by atoms with Crippen molar-refractivity contribution in [3.8, 4) is 11.5 Å². The van der Waals surface area contributed by atoms with Crippen LogP contribution in [0.15, 0.2) is 71.9 Å². The molecular formula is C23H17ClN4O2S. The summed E-state index contributed by atoms with van der Waals surface area (Å²) in [6, 6.07) is 17.7. The normalized spacial score (nSPS) is 19.0. The molecule has 0 bridgehead atoms. The summed E-state index contributed by atoms with van der Waals surface area (Å²) in [7, 11) is 1.66. The predicted molar refractivity (Wildman–Crippen MR) is 121 cm³/mol. The number of hydrogen-bond donors (Lipinski definition) is 1. The average molecular weight is 449 g/mol. The summed E-state index contributed by atoms with van der Waals surface area (Å²) in [4.78, 5) is 5.57. The third kappa shape index (κ3) is 2.92. The van der Waals surface area contributed by atoms with Gasteiger partial charge in [-0.15, -0.1) is 11.3 Å². The monoisotopic (exact) mass is 448 g/mol. The molecule has 0 amide bonds. The molecule has 0 radical (unpaired) electrons. The molecule has 154 valence electrons. The number of rotatable bonds is 3. The zero-order valence-corrected chi connectivity index (χ0v) is 18.0. The molecular weight excluding hydrogens is 432 g/mol. The first-order valence-corrected chi connectivity index (χ1v) is 11.0. The molecule has 6 rings (SSSR count). The van der Waals surface area contributed by atoms with Gasteiger partial charge in [0.25, 0.3) is 0 Å². The fraction of sp³-hybridized carbons (Fsp3) is 0.130. The van der Waals surface area contributed by atoms with Crippen molar-refractivity contribution in [1.82, 2.24) is 14.8 Å². The number of benzene rings is 2. The second-order valence-electron chi connectivity index (χ2n) is 7.31. The standard InChI is InChI=1S/C23H17ClN4O2S/c1-29-15-7-4-13(5-8-15)21-19-20(27-23-25-12-26-28(21)23)16-11-14(24)6-9-17(16)30-22(19)18-3-2-10-31-18/h2-12,21-22H,1H3,(H,25,26,27)/t21-,22+/m1/s1. The summed E-state index contributed by atoms with van der Waals surface area (Å²) >= 11 is 8.03. The van der Waals surface area contributed by atoms with E-state index in [1.165, 1.54) is 0 Å². The van der Waals surface area contributed by atoms with Gasteiger partial charge in [-0.1, -0.05) is 29.8 Å². The van der Waals surface area contributed by atoms with E-state index in [9.17, 15) is 0 Å². The highest BCUT2D eigenvalue weighted by Crippen LogP contribution is 2.51. The summed E-state index contributed by atoms with van der Waals surface area (Å²) in [6.45, 7) is 0. The SMILES string of the molecule is COc1ccc([C@@H]2C3=C(Nc4ncnn42)c2cc(Cl)ccc2O[C@H]3c2cccs2)cc1. The van der Waals surface area contributed by atoms with Gasteiger partial charge in [-0.05, 0) is 47.3 Å². The van der Waals surface area contributed by atoms with Crippen LogP contribution in [0.25, 0.3) is 5.70 Å². The van der Waals surface area contributed by atoms with E-state index >= 15 is 0 Å². The number of aromatic nitrogens is 3. The Bertz CT molecular complexity index is 1300. The van der Waals surface area contributed by atoms with E-state index < -0.39 is 0 Å². The number of fused-ring (bicyclic) bond motifs is 3. The minimum absolute atomic E-state index is 0.195. The second kappa shape index (κ2) is 7.14. The van der Waals surface area contributed by atoms with Gasteiger partial charge in [-0.2, -0.15) is 10.1 Å². The highest BCUT2D eigenvalue weighted by Gasteiger charge is 2.41. The van der Waals surface area contributed by atoms with Crippen LogP contribution >= 0.6 is 22.9 Å². The lowest BCUT2D eigenvalue weighted by atomic mass is 9.86. The molecule has 2 atom stereocenters. The van der Waals surface area contributed by atoms with E-state index in [0.29, 0.717) is 11.0 Å². The van der Waals surface area contributed by atoms with E-state index in [1.807, 2.05) is 41.1 Å². The highest BCUT2D eigenvalue weighted by molar-refractivity contribution is 7.10. The van der Waals surface area contributed by atoms with Gasteiger partial charge in [-0.3, -0.25) is 0 Å². The van der Waals surface area contributed by atoms with Crippen LogP contribution in [0.1, 0.15) is 28.1 Å². The molecule has 0 unspecified atom stereocenters. The molecule has 0 saturated heterocycles. The van der Waals surface area contributed by atoms with Crippen LogP contribution in [0, 0.1) is 0 Å². The summed E-state index contributed by atoms with van der Waals surface area (Å²) in [5.41, 5.74) is 4.02. The number of halogens is 1. The lowest BCUT2D eigenvalue weighted by Crippen LogP contribution is -2.32. The van der Waals surface area contributed by atoms with E-state index in [4.69, 9.17) is 21.1 Å². The van der Waals surface area contributed by atoms with Gasteiger partial charge in [0.1, 0.15) is 23.9 Å². The number of nitrogens with zero attached hydrogens (tertiary/aromatic N) is 3. The first-order valence-electron chi connectivity index (χ1n) is 9.77. The van der Waals surface area contributed by atoms with Gasteiger partial charge in [0, 0.05) is 21.0 Å². The molecule has 0 fully saturated rings. The molecule has 31 heavy (non-hydrogen) atoms. The van der Waals surface area contributed by atoms with Crippen LogP contribution in [0.4, 0.5) is 5.95 Å². The first kappa shape index (κ1) is 18.5. The molecule has 6 nitrogen and oxygen atoms in total. The van der Waals surface area contributed by atoms with Gasteiger partial charge in [0.2, 0.25) is 5.95 Å². The zero-order valence-electron chi connectivity index (χ0n) is 16.4. The van der Waals surface area contributed by atoms with Crippen molar-refractivity contribution in [2.75, 3.05) is 12.4 Å². The second-order valence-corrected chi connectivity index (χ2v) is 8.73. The van der Waals surface area contributed by atoms with Gasteiger partial charge in [0.15, 0.2) is 6.10 Å². The fourth-order valence-corrected chi connectivity index (χ4v) is 5.17. The Morgan fingerprint density at radius 3 is 2.81 bits per heavy atom. The minimum Gasteiger partial charge on any atom is -0.497 e. The Balaban J connectivity index is 1.62. The molecule has 0 aliphatic carbocycles. The quantitative estimate of drug-likeness (QED) is 0.444. The topological polar surface area (TPSA) is 61.2 Å². The Labute approximate surface area is 187 Å². The van der Waals surface area contributed by atoms with Crippen LogP contribution < -0.4 is 14.8 Å². The van der Waals surface area contributed by atoms with Gasteiger partial charge < -0.3 is 14.8 Å². The summed E-state index contributed by atoms with van der Waals surface area (Å²) in [5, 5.41) is 10.7. The van der Waals surface area contributed by atoms with E-state index in [1.54, 1.807) is 24.8 Å². The van der Waals surface area contributed by atoms with Crippen LogP contribution in [-0.2, 0) is 0 Å². The smallest absolute Gasteiger partial charge is 0.226 e. The largest absolute Gasteiger partial charge is 0.497 e. The van der Waals surface area contributed by atoms with E-state index in [0.717, 1.165) is 38.8 Å². The van der Waals surface area contributed by atoms with Crippen molar-refractivity contribution in [3.05, 3.63) is 92.9 Å². The maximum absolute atomic E-state index is 6.56. The minimum atomic E-state index is -0.263. The average Bonchev–Trinajstić information content (AvgIpc) is 3.49. The molecule has 2 aromatic heterocycles.